The summed E-state index contributed by atoms with van der Waals surface area (Å²) >= 11 is 3.27. The van der Waals surface area contributed by atoms with Gasteiger partial charge in [0.2, 0.25) is 0 Å². The van der Waals surface area contributed by atoms with Gasteiger partial charge in [-0.25, -0.2) is 4.98 Å². The van der Waals surface area contributed by atoms with Gasteiger partial charge in [0.05, 0.1) is 25.3 Å². The summed E-state index contributed by atoms with van der Waals surface area (Å²) in [4.78, 5) is 7.28. The molecule has 0 aliphatic rings. The number of fused-ring (bicyclic) bond motifs is 1. The zero-order valence-corrected chi connectivity index (χ0v) is 9.38. The van der Waals surface area contributed by atoms with Crippen LogP contribution < -0.4 is 9.47 Å². The first-order valence-corrected chi connectivity index (χ1v) is 4.81. The van der Waals surface area contributed by atoms with Gasteiger partial charge in [0.1, 0.15) is 0 Å². The molecule has 0 saturated heterocycles. The van der Waals surface area contributed by atoms with Crippen molar-refractivity contribution in [1.29, 1.82) is 0 Å². The number of H-pyrrole nitrogens is 1. The standard InChI is InChI=1S/C9H9BrN2O2/c1-13-7-3-5-6(4-8(7)14-2)12-9(10)11-5/h3-4H,1-2H3,(H,11,12). The number of hydrogen-bond donors (Lipinski definition) is 1. The van der Waals surface area contributed by atoms with E-state index in [0.717, 1.165) is 11.0 Å². The maximum absolute atomic E-state index is 5.17. The highest BCUT2D eigenvalue weighted by Gasteiger charge is 2.08. The lowest BCUT2D eigenvalue weighted by atomic mass is 10.3. The number of halogens is 1. The highest BCUT2D eigenvalue weighted by molar-refractivity contribution is 9.10. The molecule has 0 spiro atoms. The van der Waals surface area contributed by atoms with Crippen LogP contribution in [-0.2, 0) is 0 Å². The largest absolute Gasteiger partial charge is 0.493 e. The Labute approximate surface area is 89.4 Å². The van der Waals surface area contributed by atoms with E-state index in [2.05, 4.69) is 25.9 Å². The van der Waals surface area contributed by atoms with Crippen molar-refractivity contribution in [3.8, 4) is 11.5 Å². The average molecular weight is 257 g/mol. The molecule has 0 unspecified atom stereocenters. The zero-order valence-electron chi connectivity index (χ0n) is 7.80. The van der Waals surface area contributed by atoms with Crippen molar-refractivity contribution in [2.75, 3.05) is 14.2 Å². The molecular weight excluding hydrogens is 248 g/mol. The quantitative estimate of drug-likeness (QED) is 0.898. The molecule has 0 radical (unpaired) electrons. The van der Waals surface area contributed by atoms with Crippen molar-refractivity contribution in [3.05, 3.63) is 16.9 Å². The maximum atomic E-state index is 5.17. The third-order valence-corrected chi connectivity index (χ3v) is 2.33. The van der Waals surface area contributed by atoms with Gasteiger partial charge in [-0.3, -0.25) is 0 Å². The first-order chi connectivity index (χ1) is 6.74. The van der Waals surface area contributed by atoms with Gasteiger partial charge in [-0.2, -0.15) is 0 Å². The molecule has 0 atom stereocenters. The fraction of sp³-hybridized carbons (Fsp3) is 0.222. The Morgan fingerprint density at radius 2 is 1.86 bits per heavy atom. The number of nitrogens with one attached hydrogen (secondary N) is 1. The molecule has 1 heterocycles. The third-order valence-electron chi connectivity index (χ3n) is 1.96. The van der Waals surface area contributed by atoms with E-state index in [0.29, 0.717) is 16.2 Å². The van der Waals surface area contributed by atoms with Crippen molar-refractivity contribution >= 4 is 27.0 Å². The van der Waals surface area contributed by atoms with Gasteiger partial charge in [0.15, 0.2) is 16.2 Å². The van der Waals surface area contributed by atoms with Gasteiger partial charge in [-0.15, -0.1) is 0 Å². The minimum absolute atomic E-state index is 0.680. The molecule has 0 bridgehead atoms. The van der Waals surface area contributed by atoms with Crippen molar-refractivity contribution in [1.82, 2.24) is 9.97 Å². The summed E-state index contributed by atoms with van der Waals surface area (Å²) in [7, 11) is 3.21. The number of methoxy groups -OCH3 is 2. The monoisotopic (exact) mass is 256 g/mol. The number of hydrogen-bond acceptors (Lipinski definition) is 3. The van der Waals surface area contributed by atoms with Gasteiger partial charge in [-0.05, 0) is 15.9 Å². The second-order valence-corrected chi connectivity index (χ2v) is 3.50. The average Bonchev–Trinajstić information content (AvgIpc) is 2.54. The van der Waals surface area contributed by atoms with Crippen LogP contribution in [0.2, 0.25) is 0 Å². The normalized spacial score (nSPS) is 10.5. The summed E-state index contributed by atoms with van der Waals surface area (Å²) in [5.74, 6) is 1.37. The molecule has 1 N–H and O–H groups in total. The molecule has 74 valence electrons. The van der Waals surface area contributed by atoms with Crippen LogP contribution >= 0.6 is 15.9 Å². The number of aromatic nitrogens is 2. The number of aromatic amines is 1. The summed E-state index contributed by atoms with van der Waals surface area (Å²) in [6.45, 7) is 0. The summed E-state index contributed by atoms with van der Waals surface area (Å²) in [5, 5.41) is 0. The molecule has 1 aromatic heterocycles. The Morgan fingerprint density at radius 3 is 2.50 bits per heavy atom. The molecule has 14 heavy (non-hydrogen) atoms. The molecule has 0 saturated carbocycles. The lowest BCUT2D eigenvalue weighted by Crippen LogP contribution is -1.89. The number of rotatable bonds is 2. The molecule has 0 aliphatic carbocycles. The Hall–Kier alpha value is -1.23. The fourth-order valence-corrected chi connectivity index (χ4v) is 1.71. The number of ether oxygens (including phenoxy) is 2. The fourth-order valence-electron chi connectivity index (χ4n) is 1.31. The van der Waals surface area contributed by atoms with Gasteiger partial charge in [0.25, 0.3) is 0 Å². The predicted octanol–water partition coefficient (Wildman–Crippen LogP) is 2.34. The van der Waals surface area contributed by atoms with Crippen LogP contribution in [0.4, 0.5) is 0 Å². The van der Waals surface area contributed by atoms with Crippen LogP contribution in [0.5, 0.6) is 11.5 Å². The molecule has 0 amide bonds. The first kappa shape index (κ1) is 9.33. The van der Waals surface area contributed by atoms with E-state index in [1.807, 2.05) is 12.1 Å². The SMILES string of the molecule is COc1cc2nc(Br)[nH]c2cc1OC. The second kappa shape index (κ2) is 3.49. The van der Waals surface area contributed by atoms with Crippen LogP contribution in [0.3, 0.4) is 0 Å². The highest BCUT2D eigenvalue weighted by atomic mass is 79.9. The minimum atomic E-state index is 0.680. The van der Waals surface area contributed by atoms with Crippen molar-refractivity contribution in [3.63, 3.8) is 0 Å². The lowest BCUT2D eigenvalue weighted by molar-refractivity contribution is 0.356. The number of benzene rings is 1. The smallest absolute Gasteiger partial charge is 0.175 e. The molecule has 0 aliphatic heterocycles. The van der Waals surface area contributed by atoms with E-state index >= 15 is 0 Å². The molecule has 2 rings (SSSR count). The molecule has 1 aromatic carbocycles. The zero-order chi connectivity index (χ0) is 10.1. The van der Waals surface area contributed by atoms with Crippen LogP contribution in [0.1, 0.15) is 0 Å². The van der Waals surface area contributed by atoms with E-state index in [1.54, 1.807) is 14.2 Å². The van der Waals surface area contributed by atoms with Crippen LogP contribution in [0.25, 0.3) is 11.0 Å². The van der Waals surface area contributed by atoms with Crippen LogP contribution in [0, 0.1) is 0 Å². The van der Waals surface area contributed by atoms with Gasteiger partial charge in [-0.1, -0.05) is 0 Å². The van der Waals surface area contributed by atoms with E-state index in [-0.39, 0.29) is 0 Å². The van der Waals surface area contributed by atoms with E-state index < -0.39 is 0 Å². The topological polar surface area (TPSA) is 47.1 Å². The third kappa shape index (κ3) is 1.43. The first-order valence-electron chi connectivity index (χ1n) is 4.02. The van der Waals surface area contributed by atoms with E-state index in [1.165, 1.54) is 0 Å². The van der Waals surface area contributed by atoms with Crippen LogP contribution in [0.15, 0.2) is 16.9 Å². The highest BCUT2D eigenvalue weighted by Crippen LogP contribution is 2.31. The van der Waals surface area contributed by atoms with Crippen LogP contribution in [-0.4, -0.2) is 24.2 Å². The Kier molecular flexibility index (Phi) is 2.33. The van der Waals surface area contributed by atoms with E-state index in [4.69, 9.17) is 9.47 Å². The van der Waals surface area contributed by atoms with Crippen molar-refractivity contribution in [2.24, 2.45) is 0 Å². The van der Waals surface area contributed by atoms with Gasteiger partial charge in [0, 0.05) is 12.1 Å². The number of nitrogens with zero attached hydrogens (tertiary/aromatic N) is 1. The van der Waals surface area contributed by atoms with Crippen molar-refractivity contribution < 1.29 is 9.47 Å². The molecule has 4 nitrogen and oxygen atoms in total. The van der Waals surface area contributed by atoms with E-state index in [9.17, 15) is 0 Å². The molecular formula is C9H9BrN2O2. The molecule has 2 aromatic rings. The summed E-state index contributed by atoms with van der Waals surface area (Å²) in [5.41, 5.74) is 1.75. The van der Waals surface area contributed by atoms with Gasteiger partial charge < -0.3 is 14.5 Å². The Morgan fingerprint density at radius 1 is 1.21 bits per heavy atom. The predicted molar refractivity (Wildman–Crippen MR) is 56.9 cm³/mol. The number of imidazole rings is 1. The second-order valence-electron chi connectivity index (χ2n) is 2.75. The minimum Gasteiger partial charge on any atom is -0.493 e. The van der Waals surface area contributed by atoms with Crippen molar-refractivity contribution in [2.45, 2.75) is 0 Å². The Balaban J connectivity index is 2.68. The summed E-state index contributed by atoms with van der Waals surface area (Å²) in [6, 6.07) is 3.68. The maximum Gasteiger partial charge on any atom is 0.175 e. The Bertz CT molecular complexity index is 426. The summed E-state index contributed by atoms with van der Waals surface area (Å²) in [6.07, 6.45) is 0. The summed E-state index contributed by atoms with van der Waals surface area (Å²) < 4.78 is 11.0. The lowest BCUT2D eigenvalue weighted by Gasteiger charge is -2.06. The molecule has 0 fully saturated rings. The van der Waals surface area contributed by atoms with Gasteiger partial charge >= 0.3 is 0 Å². The molecule has 5 heteroatoms.